The van der Waals surface area contributed by atoms with Gasteiger partial charge in [0.15, 0.2) is 5.82 Å². The second-order valence-electron chi connectivity index (χ2n) is 5.01. The molecule has 0 aliphatic heterocycles. The van der Waals surface area contributed by atoms with Gasteiger partial charge in [0, 0.05) is 16.8 Å². The van der Waals surface area contributed by atoms with Crippen LogP contribution in [0, 0.1) is 6.92 Å². The summed E-state index contributed by atoms with van der Waals surface area (Å²) in [5.41, 5.74) is 5.01. The van der Waals surface area contributed by atoms with Crippen LogP contribution in [0.5, 0.6) is 0 Å². The van der Waals surface area contributed by atoms with Crippen LogP contribution >= 0.6 is 0 Å². The molecule has 106 valence electrons. The van der Waals surface area contributed by atoms with Crippen molar-refractivity contribution in [3.8, 4) is 11.3 Å². The first-order chi connectivity index (χ1) is 10.1. The fourth-order valence-corrected chi connectivity index (χ4v) is 1.99. The van der Waals surface area contributed by atoms with E-state index in [9.17, 15) is 0 Å². The van der Waals surface area contributed by atoms with E-state index in [1.165, 1.54) is 0 Å². The van der Waals surface area contributed by atoms with Gasteiger partial charge in [-0.15, -0.1) is 0 Å². The van der Waals surface area contributed by atoms with Gasteiger partial charge in [0.25, 0.3) is 0 Å². The second kappa shape index (κ2) is 6.80. The molecule has 0 amide bonds. The van der Waals surface area contributed by atoms with Gasteiger partial charge in [-0.1, -0.05) is 60.7 Å². The quantitative estimate of drug-likeness (QED) is 0.735. The first-order valence-electron chi connectivity index (χ1n) is 7.01. The van der Waals surface area contributed by atoms with Crippen molar-refractivity contribution in [2.24, 2.45) is 0 Å². The van der Waals surface area contributed by atoms with Crippen molar-refractivity contribution >= 4 is 5.57 Å². The number of benzene rings is 1. The number of rotatable bonds is 4. The average Bonchev–Trinajstić information content (AvgIpc) is 2.48. The van der Waals surface area contributed by atoms with Gasteiger partial charge in [0.1, 0.15) is 0 Å². The molecular formula is C19H20N2. The van der Waals surface area contributed by atoms with Crippen molar-refractivity contribution in [1.29, 1.82) is 0 Å². The maximum absolute atomic E-state index is 4.69. The first kappa shape index (κ1) is 14.9. The van der Waals surface area contributed by atoms with Gasteiger partial charge in [-0.25, -0.2) is 9.97 Å². The summed E-state index contributed by atoms with van der Waals surface area (Å²) in [6, 6.07) is 12.2. The molecule has 0 saturated carbocycles. The Morgan fingerprint density at radius 2 is 1.81 bits per heavy atom. The van der Waals surface area contributed by atoms with Crippen molar-refractivity contribution in [2.45, 2.75) is 20.8 Å². The summed E-state index contributed by atoms with van der Waals surface area (Å²) >= 11 is 0. The minimum atomic E-state index is 0.744. The molecule has 0 radical (unpaired) electrons. The first-order valence-corrected chi connectivity index (χ1v) is 7.01. The minimum absolute atomic E-state index is 0.744. The zero-order valence-corrected chi connectivity index (χ0v) is 12.8. The molecule has 0 unspecified atom stereocenters. The van der Waals surface area contributed by atoms with Gasteiger partial charge in [0.05, 0.1) is 5.69 Å². The van der Waals surface area contributed by atoms with Crippen LogP contribution in [-0.2, 0) is 0 Å². The van der Waals surface area contributed by atoms with E-state index in [4.69, 9.17) is 4.98 Å². The molecule has 2 rings (SSSR count). The largest absolute Gasteiger partial charge is 0.233 e. The Labute approximate surface area is 126 Å². The summed E-state index contributed by atoms with van der Waals surface area (Å²) in [5.74, 6) is 0.744. The van der Waals surface area contributed by atoms with E-state index in [0.717, 1.165) is 33.9 Å². The van der Waals surface area contributed by atoms with E-state index in [0.29, 0.717) is 0 Å². The fourth-order valence-electron chi connectivity index (χ4n) is 1.99. The Bertz CT molecular complexity index is 695. The van der Waals surface area contributed by atoms with Crippen molar-refractivity contribution < 1.29 is 0 Å². The third kappa shape index (κ3) is 3.99. The smallest absolute Gasteiger partial charge is 0.159 e. The molecule has 0 aliphatic rings. The van der Waals surface area contributed by atoms with Gasteiger partial charge >= 0.3 is 0 Å². The van der Waals surface area contributed by atoms with Crippen LogP contribution in [-0.4, -0.2) is 9.97 Å². The molecule has 0 bridgehead atoms. The van der Waals surface area contributed by atoms with Gasteiger partial charge in [0.2, 0.25) is 0 Å². The Balaban J connectivity index is 2.46. The topological polar surface area (TPSA) is 25.8 Å². The van der Waals surface area contributed by atoms with Gasteiger partial charge in [-0.2, -0.15) is 0 Å². The van der Waals surface area contributed by atoms with Crippen LogP contribution in [0.3, 0.4) is 0 Å². The van der Waals surface area contributed by atoms with Crippen LogP contribution < -0.4 is 0 Å². The summed E-state index contributed by atoms with van der Waals surface area (Å²) in [5, 5.41) is 0. The highest BCUT2D eigenvalue weighted by Gasteiger charge is 2.06. The van der Waals surface area contributed by atoms with Gasteiger partial charge in [-0.3, -0.25) is 0 Å². The highest BCUT2D eigenvalue weighted by atomic mass is 14.9. The summed E-state index contributed by atoms with van der Waals surface area (Å²) in [4.78, 5) is 9.24. The molecule has 0 aliphatic carbocycles. The van der Waals surface area contributed by atoms with Crippen molar-refractivity contribution in [2.75, 3.05) is 0 Å². The van der Waals surface area contributed by atoms with Crippen molar-refractivity contribution in [3.05, 3.63) is 78.3 Å². The summed E-state index contributed by atoms with van der Waals surface area (Å²) in [6.45, 7) is 9.84. The lowest BCUT2D eigenvalue weighted by atomic mass is 10.1. The van der Waals surface area contributed by atoms with Gasteiger partial charge < -0.3 is 0 Å². The average molecular weight is 276 g/mol. The van der Waals surface area contributed by atoms with E-state index in [1.54, 1.807) is 0 Å². The lowest BCUT2D eigenvalue weighted by molar-refractivity contribution is 1.07. The van der Waals surface area contributed by atoms with E-state index in [2.05, 4.69) is 23.7 Å². The van der Waals surface area contributed by atoms with E-state index >= 15 is 0 Å². The fraction of sp³-hybridized carbons (Fsp3) is 0.158. The van der Waals surface area contributed by atoms with Crippen LogP contribution in [0.2, 0.25) is 0 Å². The normalized spacial score (nSPS) is 11.9. The molecule has 0 N–H and O–H groups in total. The van der Waals surface area contributed by atoms with Crippen LogP contribution in [0.25, 0.3) is 16.8 Å². The maximum atomic E-state index is 4.69. The standard InChI is InChI=1S/C19H20N2/c1-5-16(12-11-14(2)3)19-20-15(4)13-18(21-19)17-9-7-6-8-10-17/h5-13H,2H2,1,3-4H3/b12-11-,16-5+. The SMILES string of the molecule is C=C(C)/C=C\C(=C/C)c1nc(C)cc(-c2ccccc2)n1. The van der Waals surface area contributed by atoms with Crippen molar-refractivity contribution in [3.63, 3.8) is 0 Å². The highest BCUT2D eigenvalue weighted by molar-refractivity contribution is 5.71. The molecule has 1 heterocycles. The summed E-state index contributed by atoms with van der Waals surface area (Å²) in [7, 11) is 0. The Hall–Kier alpha value is -2.48. The molecule has 1 aromatic carbocycles. The third-order valence-electron chi connectivity index (χ3n) is 3.04. The van der Waals surface area contributed by atoms with E-state index < -0.39 is 0 Å². The molecule has 1 aromatic heterocycles. The predicted octanol–water partition coefficient (Wildman–Crippen LogP) is 4.99. The number of hydrogen-bond acceptors (Lipinski definition) is 2. The number of aromatic nitrogens is 2. The summed E-state index contributed by atoms with van der Waals surface area (Å²) in [6.07, 6.45) is 6.00. The second-order valence-corrected chi connectivity index (χ2v) is 5.01. The zero-order chi connectivity index (χ0) is 15.2. The number of aryl methyl sites for hydroxylation is 1. The number of nitrogens with zero attached hydrogens (tertiary/aromatic N) is 2. The Kier molecular flexibility index (Phi) is 4.83. The predicted molar refractivity (Wildman–Crippen MR) is 89.8 cm³/mol. The lowest BCUT2D eigenvalue weighted by Gasteiger charge is -2.07. The molecule has 2 heteroatoms. The van der Waals surface area contributed by atoms with Crippen molar-refractivity contribution in [1.82, 2.24) is 9.97 Å². The number of hydrogen-bond donors (Lipinski definition) is 0. The Morgan fingerprint density at radius 1 is 1.10 bits per heavy atom. The molecular weight excluding hydrogens is 256 g/mol. The molecule has 0 saturated heterocycles. The maximum Gasteiger partial charge on any atom is 0.159 e. The molecule has 2 nitrogen and oxygen atoms in total. The molecule has 21 heavy (non-hydrogen) atoms. The molecule has 2 aromatic rings. The van der Waals surface area contributed by atoms with E-state index in [-0.39, 0.29) is 0 Å². The molecule has 0 spiro atoms. The summed E-state index contributed by atoms with van der Waals surface area (Å²) < 4.78 is 0. The van der Waals surface area contributed by atoms with Crippen LogP contribution in [0.1, 0.15) is 25.4 Å². The highest BCUT2D eigenvalue weighted by Crippen LogP contribution is 2.20. The van der Waals surface area contributed by atoms with E-state index in [1.807, 2.05) is 63.3 Å². The van der Waals surface area contributed by atoms with Crippen LogP contribution in [0.15, 0.2) is 66.8 Å². The lowest BCUT2D eigenvalue weighted by Crippen LogP contribution is -1.97. The zero-order valence-electron chi connectivity index (χ0n) is 12.8. The third-order valence-corrected chi connectivity index (χ3v) is 3.04. The van der Waals surface area contributed by atoms with Crippen LogP contribution in [0.4, 0.5) is 0 Å². The van der Waals surface area contributed by atoms with Gasteiger partial charge in [-0.05, 0) is 26.8 Å². The monoisotopic (exact) mass is 276 g/mol. The number of allylic oxidation sites excluding steroid dienone is 5. The minimum Gasteiger partial charge on any atom is -0.233 e. The Morgan fingerprint density at radius 3 is 2.43 bits per heavy atom. The molecule has 0 atom stereocenters. The molecule has 0 fully saturated rings.